The molecule has 3 rings (SSSR count). The summed E-state index contributed by atoms with van der Waals surface area (Å²) in [5.74, 6) is -0.538. The molecule has 1 saturated heterocycles. The Morgan fingerprint density at radius 3 is 2.32 bits per heavy atom. The molecule has 0 aliphatic carbocycles. The van der Waals surface area contributed by atoms with E-state index in [1.165, 1.54) is 16.9 Å². The van der Waals surface area contributed by atoms with Gasteiger partial charge in [0.2, 0.25) is 5.91 Å². The lowest BCUT2D eigenvalue weighted by Crippen LogP contribution is -2.47. The highest BCUT2D eigenvalue weighted by molar-refractivity contribution is 7.13. The average Bonchev–Trinajstić information content (AvgIpc) is 3.61. The molecule has 228 valence electrons. The van der Waals surface area contributed by atoms with Gasteiger partial charge in [-0.1, -0.05) is 25.0 Å². The molecule has 0 saturated carbocycles. The molecule has 1 fully saturated rings. The minimum atomic E-state index is -1.79. The third-order valence-corrected chi connectivity index (χ3v) is 8.57. The molecular formula is C30H43NO9S. The number of aryl methyl sites for hydroxylation is 2. The number of ether oxygens (including phenoxy) is 1. The van der Waals surface area contributed by atoms with Crippen LogP contribution < -0.4 is 4.90 Å². The van der Waals surface area contributed by atoms with E-state index in [0.29, 0.717) is 11.3 Å². The topological polar surface area (TPSA) is 168 Å². The third kappa shape index (κ3) is 9.85. The van der Waals surface area contributed by atoms with E-state index in [9.17, 15) is 30.0 Å². The first-order valence-electron chi connectivity index (χ1n) is 14.4. The van der Waals surface area contributed by atoms with Crippen LogP contribution in [0.25, 0.3) is 0 Å². The van der Waals surface area contributed by atoms with Gasteiger partial charge in [0.15, 0.2) is 0 Å². The second kappa shape index (κ2) is 16.9. The summed E-state index contributed by atoms with van der Waals surface area (Å²) in [5, 5.41) is 56.6. The van der Waals surface area contributed by atoms with Crippen molar-refractivity contribution in [1.29, 1.82) is 0 Å². The summed E-state index contributed by atoms with van der Waals surface area (Å²) in [7, 11) is 0. The largest absolute Gasteiger partial charge is 0.459 e. The Hall–Kier alpha value is -2.38. The Bertz CT molecular complexity index is 1080. The number of esters is 1. The second-order valence-electron chi connectivity index (χ2n) is 10.6. The molecule has 1 aliphatic heterocycles. The zero-order chi connectivity index (χ0) is 29.8. The zero-order valence-electron chi connectivity index (χ0n) is 23.3. The molecule has 1 aromatic heterocycles. The quantitative estimate of drug-likeness (QED) is 0.112. The summed E-state index contributed by atoms with van der Waals surface area (Å²) >= 11 is 1.27. The number of amides is 1. The number of nitrogens with zero attached hydrogens (tertiary/aromatic N) is 1. The zero-order valence-corrected chi connectivity index (χ0v) is 24.1. The van der Waals surface area contributed by atoms with E-state index in [1.807, 2.05) is 23.1 Å². The second-order valence-corrected chi connectivity index (χ2v) is 11.7. The van der Waals surface area contributed by atoms with Gasteiger partial charge in [-0.25, -0.2) is 4.79 Å². The van der Waals surface area contributed by atoms with E-state index in [1.54, 1.807) is 6.07 Å². The molecule has 6 N–H and O–H groups in total. The third-order valence-electron chi connectivity index (χ3n) is 7.45. The van der Waals surface area contributed by atoms with Crippen LogP contribution >= 0.6 is 11.3 Å². The summed E-state index contributed by atoms with van der Waals surface area (Å²) in [6, 6.07) is 11.9. The van der Waals surface area contributed by atoms with Gasteiger partial charge in [-0.15, -0.1) is 11.3 Å². The molecule has 2 aromatic rings. The normalized spacial score (nSPS) is 18.3. The maximum atomic E-state index is 12.7. The Balaban J connectivity index is 1.44. The summed E-state index contributed by atoms with van der Waals surface area (Å²) in [6.45, 7) is -1.13. The van der Waals surface area contributed by atoms with Crippen molar-refractivity contribution in [1.82, 2.24) is 0 Å². The van der Waals surface area contributed by atoms with Crippen molar-refractivity contribution in [2.45, 2.75) is 94.7 Å². The Morgan fingerprint density at radius 1 is 0.902 bits per heavy atom. The van der Waals surface area contributed by atoms with Gasteiger partial charge < -0.3 is 40.3 Å². The number of benzene rings is 1. The van der Waals surface area contributed by atoms with Crippen molar-refractivity contribution in [2.75, 3.05) is 24.7 Å². The van der Waals surface area contributed by atoms with Gasteiger partial charge in [-0.2, -0.15) is 0 Å². The molecule has 0 unspecified atom stereocenters. The Labute approximate surface area is 244 Å². The van der Waals surface area contributed by atoms with E-state index >= 15 is 0 Å². The van der Waals surface area contributed by atoms with Gasteiger partial charge in [0.25, 0.3) is 0 Å². The fourth-order valence-corrected chi connectivity index (χ4v) is 5.96. The molecule has 2 heterocycles. The highest BCUT2D eigenvalue weighted by atomic mass is 32.1. The van der Waals surface area contributed by atoms with Crippen molar-refractivity contribution in [3.05, 3.63) is 51.7 Å². The average molecular weight is 594 g/mol. The van der Waals surface area contributed by atoms with Gasteiger partial charge in [0, 0.05) is 29.6 Å². The smallest absolute Gasteiger partial charge is 0.348 e. The highest BCUT2D eigenvalue weighted by Gasteiger charge is 2.32. The van der Waals surface area contributed by atoms with Crippen molar-refractivity contribution in [2.24, 2.45) is 0 Å². The Morgan fingerprint density at radius 2 is 1.61 bits per heavy atom. The lowest BCUT2D eigenvalue weighted by molar-refractivity contribution is -0.124. The number of thiophene rings is 1. The lowest BCUT2D eigenvalue weighted by atomic mass is 10.0. The van der Waals surface area contributed by atoms with Crippen LogP contribution in [-0.4, -0.2) is 92.8 Å². The van der Waals surface area contributed by atoms with E-state index in [4.69, 9.17) is 14.9 Å². The first kappa shape index (κ1) is 33.1. The summed E-state index contributed by atoms with van der Waals surface area (Å²) in [6.07, 6.45) is 1.95. The van der Waals surface area contributed by atoms with Gasteiger partial charge in [-0.05, 0) is 74.8 Å². The van der Waals surface area contributed by atoms with Crippen LogP contribution in [0.2, 0.25) is 0 Å². The van der Waals surface area contributed by atoms with E-state index in [0.717, 1.165) is 68.4 Å². The van der Waals surface area contributed by atoms with Crippen LogP contribution in [0.1, 0.15) is 71.5 Å². The predicted molar refractivity (Wildman–Crippen MR) is 155 cm³/mol. The molecule has 1 aliphatic rings. The molecule has 0 spiro atoms. The number of aliphatic hydroxyl groups excluding tert-OH is 6. The number of carbonyl (C=O) groups is 2. The highest BCUT2D eigenvalue weighted by Crippen LogP contribution is 2.30. The fourth-order valence-electron chi connectivity index (χ4n) is 5.02. The summed E-state index contributed by atoms with van der Waals surface area (Å²) < 4.78 is 5.05. The molecule has 0 radical (unpaired) electrons. The number of anilines is 1. The van der Waals surface area contributed by atoms with Gasteiger partial charge in [-0.3, -0.25) is 4.79 Å². The fraction of sp³-hybridized carbons (Fsp3) is 0.600. The predicted octanol–water partition coefficient (Wildman–Crippen LogP) is 1.95. The SMILES string of the molecule is O=C(OC[C@@H](O)[C@@H](O)[C@@H](O)[C@H](O)CO)c1ccc(CCC[C@H]2CCC(=O)N2c2ccc(CCCCCCO)cc2)s1. The minimum absolute atomic E-state index is 0.129. The van der Waals surface area contributed by atoms with Gasteiger partial charge >= 0.3 is 5.97 Å². The van der Waals surface area contributed by atoms with Crippen molar-refractivity contribution < 1.29 is 45.0 Å². The van der Waals surface area contributed by atoms with E-state index in [2.05, 4.69) is 12.1 Å². The number of rotatable bonds is 18. The molecule has 1 aromatic carbocycles. The number of carbonyl (C=O) groups excluding carboxylic acids is 2. The molecule has 10 nitrogen and oxygen atoms in total. The molecule has 5 atom stereocenters. The molecular weight excluding hydrogens is 550 g/mol. The number of hydrogen-bond acceptors (Lipinski definition) is 10. The van der Waals surface area contributed by atoms with Crippen LogP contribution in [0.3, 0.4) is 0 Å². The van der Waals surface area contributed by atoms with E-state index < -0.39 is 43.6 Å². The maximum Gasteiger partial charge on any atom is 0.348 e. The summed E-state index contributed by atoms with van der Waals surface area (Å²) in [5.41, 5.74) is 2.17. The van der Waals surface area contributed by atoms with Crippen molar-refractivity contribution in [3.8, 4) is 0 Å². The lowest BCUT2D eigenvalue weighted by Gasteiger charge is -2.25. The molecule has 1 amide bonds. The monoisotopic (exact) mass is 593 g/mol. The number of unbranched alkanes of at least 4 members (excludes halogenated alkanes) is 3. The standard InChI is InChI=1S/C30H43NO9S/c32-17-4-2-1-3-6-20-9-11-22(12-10-20)31-21(13-16-27(31)36)7-5-8-23-14-15-26(41-23)30(39)40-19-25(35)29(38)28(37)24(34)18-33/h9-12,14-15,21,24-25,28-29,32-35,37-38H,1-8,13,16-19H2/t21-,24+,25+,28-,29+/m0/s1. The van der Waals surface area contributed by atoms with E-state index in [-0.39, 0.29) is 18.6 Å². The molecule has 0 bridgehead atoms. The van der Waals surface area contributed by atoms with Crippen LogP contribution in [0, 0.1) is 0 Å². The first-order valence-corrected chi connectivity index (χ1v) is 15.2. The number of hydrogen-bond donors (Lipinski definition) is 6. The minimum Gasteiger partial charge on any atom is -0.459 e. The molecule has 11 heteroatoms. The van der Waals surface area contributed by atoms with Crippen LogP contribution in [0.5, 0.6) is 0 Å². The summed E-state index contributed by atoms with van der Waals surface area (Å²) in [4.78, 5) is 28.3. The van der Waals surface area contributed by atoms with Crippen molar-refractivity contribution in [3.63, 3.8) is 0 Å². The Kier molecular flexibility index (Phi) is 13.7. The van der Waals surface area contributed by atoms with Gasteiger partial charge in [0.05, 0.1) is 6.61 Å². The van der Waals surface area contributed by atoms with Crippen LogP contribution in [0.4, 0.5) is 5.69 Å². The number of aliphatic hydroxyl groups is 6. The maximum absolute atomic E-state index is 12.7. The van der Waals surface area contributed by atoms with Crippen LogP contribution in [0.15, 0.2) is 36.4 Å². The molecule has 41 heavy (non-hydrogen) atoms. The first-order chi connectivity index (χ1) is 19.7. The van der Waals surface area contributed by atoms with Crippen LogP contribution in [-0.2, 0) is 22.4 Å². The van der Waals surface area contributed by atoms with Gasteiger partial charge in [0.1, 0.15) is 35.9 Å². The van der Waals surface area contributed by atoms with Crippen molar-refractivity contribution >= 4 is 28.9 Å².